The molecular formula is C9H12BNO3. The molecule has 0 radical (unpaired) electrons. The molecule has 0 amide bonds. The molecule has 0 unspecified atom stereocenters. The smallest absolute Gasteiger partial charge is 0.423 e. The van der Waals surface area contributed by atoms with Crippen LogP contribution in [-0.2, 0) is 4.84 Å². The molecule has 74 valence electrons. The van der Waals surface area contributed by atoms with Gasteiger partial charge in [0.1, 0.15) is 7.11 Å². The molecule has 0 spiro atoms. The minimum atomic E-state index is -1.45. The van der Waals surface area contributed by atoms with Crippen LogP contribution < -0.4 is 5.46 Å². The highest BCUT2D eigenvalue weighted by atomic mass is 16.6. The summed E-state index contributed by atoms with van der Waals surface area (Å²) in [5, 5.41) is 21.6. The largest absolute Gasteiger partial charge is 0.488 e. The van der Waals surface area contributed by atoms with Gasteiger partial charge in [0.25, 0.3) is 0 Å². The summed E-state index contributed by atoms with van der Waals surface area (Å²) >= 11 is 0. The van der Waals surface area contributed by atoms with E-state index in [0.717, 1.165) is 5.56 Å². The first kappa shape index (κ1) is 10.8. The molecule has 0 saturated carbocycles. The van der Waals surface area contributed by atoms with Crippen LogP contribution in [0.3, 0.4) is 0 Å². The number of hydrogen-bond acceptors (Lipinski definition) is 4. The highest BCUT2D eigenvalue weighted by Gasteiger charge is 2.11. The fraction of sp³-hybridized carbons (Fsp3) is 0.222. The number of hydrogen-bond donors (Lipinski definition) is 2. The standard InChI is InChI=1S/C9H12BNO3/c1-7(11-14-2)8-4-3-5-9(6-8)10(12)13/h3-6,12-13H,1-2H3/b11-7+. The van der Waals surface area contributed by atoms with Crippen molar-refractivity contribution in [1.29, 1.82) is 0 Å². The minimum Gasteiger partial charge on any atom is -0.423 e. The maximum atomic E-state index is 8.94. The summed E-state index contributed by atoms with van der Waals surface area (Å²) in [6.45, 7) is 1.78. The average Bonchev–Trinajstić information content (AvgIpc) is 2.18. The van der Waals surface area contributed by atoms with Crippen molar-refractivity contribution in [2.75, 3.05) is 7.11 Å². The topological polar surface area (TPSA) is 62.0 Å². The maximum absolute atomic E-state index is 8.94. The predicted molar refractivity (Wildman–Crippen MR) is 55.5 cm³/mol. The van der Waals surface area contributed by atoms with Crippen LogP contribution in [0.4, 0.5) is 0 Å². The first-order chi connectivity index (χ1) is 6.65. The van der Waals surface area contributed by atoms with Gasteiger partial charge in [0.15, 0.2) is 0 Å². The molecular weight excluding hydrogens is 181 g/mol. The Morgan fingerprint density at radius 2 is 2.14 bits per heavy atom. The monoisotopic (exact) mass is 193 g/mol. The van der Waals surface area contributed by atoms with Gasteiger partial charge < -0.3 is 14.9 Å². The van der Waals surface area contributed by atoms with Gasteiger partial charge in [0.05, 0.1) is 5.71 Å². The van der Waals surface area contributed by atoms with Gasteiger partial charge in [0, 0.05) is 0 Å². The van der Waals surface area contributed by atoms with Crippen molar-refractivity contribution in [1.82, 2.24) is 0 Å². The predicted octanol–water partition coefficient (Wildman–Crippen LogP) is -0.263. The number of rotatable bonds is 3. The van der Waals surface area contributed by atoms with E-state index in [4.69, 9.17) is 10.0 Å². The van der Waals surface area contributed by atoms with Crippen molar-refractivity contribution < 1.29 is 14.9 Å². The normalized spacial score (nSPS) is 11.3. The first-order valence-corrected chi connectivity index (χ1v) is 4.19. The molecule has 0 aliphatic heterocycles. The molecule has 1 rings (SSSR count). The quantitative estimate of drug-likeness (QED) is 0.394. The lowest BCUT2D eigenvalue weighted by molar-refractivity contribution is 0.213. The van der Waals surface area contributed by atoms with Gasteiger partial charge in [-0.2, -0.15) is 0 Å². The van der Waals surface area contributed by atoms with Crippen molar-refractivity contribution in [2.45, 2.75) is 6.92 Å². The molecule has 0 bridgehead atoms. The Morgan fingerprint density at radius 1 is 1.43 bits per heavy atom. The number of oxime groups is 1. The van der Waals surface area contributed by atoms with Crippen molar-refractivity contribution in [2.24, 2.45) is 5.16 Å². The first-order valence-electron chi connectivity index (χ1n) is 4.19. The summed E-state index contributed by atoms with van der Waals surface area (Å²) < 4.78 is 0. The molecule has 1 aromatic carbocycles. The van der Waals surface area contributed by atoms with Gasteiger partial charge in [-0.1, -0.05) is 29.4 Å². The highest BCUT2D eigenvalue weighted by molar-refractivity contribution is 6.58. The maximum Gasteiger partial charge on any atom is 0.488 e. The Labute approximate surface area is 83.0 Å². The Hall–Kier alpha value is -1.33. The number of benzene rings is 1. The van der Waals surface area contributed by atoms with Gasteiger partial charge in [-0.15, -0.1) is 0 Å². The van der Waals surface area contributed by atoms with Crippen molar-refractivity contribution in [3.05, 3.63) is 29.8 Å². The van der Waals surface area contributed by atoms with Crippen LogP contribution in [0.5, 0.6) is 0 Å². The van der Waals surface area contributed by atoms with E-state index >= 15 is 0 Å². The highest BCUT2D eigenvalue weighted by Crippen LogP contribution is 2.00. The lowest BCUT2D eigenvalue weighted by Crippen LogP contribution is -2.30. The molecule has 1 aromatic rings. The lowest BCUT2D eigenvalue weighted by atomic mass is 9.79. The van der Waals surface area contributed by atoms with E-state index in [1.54, 1.807) is 25.1 Å². The van der Waals surface area contributed by atoms with Crippen molar-refractivity contribution in [3.8, 4) is 0 Å². The molecule has 0 saturated heterocycles. The molecule has 14 heavy (non-hydrogen) atoms. The molecule has 0 atom stereocenters. The van der Waals surface area contributed by atoms with Crippen LogP contribution in [0.1, 0.15) is 12.5 Å². The van der Waals surface area contributed by atoms with E-state index in [0.29, 0.717) is 11.2 Å². The fourth-order valence-corrected chi connectivity index (χ4v) is 1.11. The molecule has 0 heterocycles. The van der Waals surface area contributed by atoms with E-state index < -0.39 is 7.12 Å². The zero-order valence-electron chi connectivity index (χ0n) is 8.14. The van der Waals surface area contributed by atoms with Crippen LogP contribution in [0.15, 0.2) is 29.4 Å². The second-order valence-corrected chi connectivity index (χ2v) is 2.86. The van der Waals surface area contributed by atoms with Crippen LogP contribution in [0.25, 0.3) is 0 Å². The third-order valence-corrected chi connectivity index (χ3v) is 1.83. The van der Waals surface area contributed by atoms with Gasteiger partial charge >= 0.3 is 7.12 Å². The molecule has 5 heteroatoms. The summed E-state index contributed by atoms with van der Waals surface area (Å²) in [5.74, 6) is 0. The Balaban J connectivity index is 2.99. The third kappa shape index (κ3) is 2.58. The number of nitrogens with zero attached hydrogens (tertiary/aromatic N) is 1. The zero-order valence-corrected chi connectivity index (χ0v) is 8.14. The van der Waals surface area contributed by atoms with E-state index in [2.05, 4.69) is 9.99 Å². The van der Waals surface area contributed by atoms with E-state index in [9.17, 15) is 0 Å². The Bertz CT molecular complexity index is 339. The molecule has 2 N–H and O–H groups in total. The Morgan fingerprint density at radius 3 is 2.71 bits per heavy atom. The summed E-state index contributed by atoms with van der Waals surface area (Å²) in [6.07, 6.45) is 0. The van der Waals surface area contributed by atoms with Crippen LogP contribution in [0.2, 0.25) is 0 Å². The lowest BCUT2D eigenvalue weighted by Gasteiger charge is -2.03. The van der Waals surface area contributed by atoms with Crippen molar-refractivity contribution in [3.63, 3.8) is 0 Å². The third-order valence-electron chi connectivity index (χ3n) is 1.83. The van der Waals surface area contributed by atoms with Crippen molar-refractivity contribution >= 4 is 18.3 Å². The summed E-state index contributed by atoms with van der Waals surface area (Å²) in [4.78, 5) is 4.62. The molecule has 0 fully saturated rings. The average molecular weight is 193 g/mol. The zero-order chi connectivity index (χ0) is 10.6. The summed E-state index contributed by atoms with van der Waals surface area (Å²) in [5.41, 5.74) is 1.93. The van der Waals surface area contributed by atoms with Gasteiger partial charge in [-0.3, -0.25) is 0 Å². The van der Waals surface area contributed by atoms with Gasteiger partial charge in [-0.05, 0) is 17.9 Å². The second kappa shape index (κ2) is 4.78. The van der Waals surface area contributed by atoms with E-state index in [1.807, 2.05) is 6.07 Å². The Kier molecular flexibility index (Phi) is 3.68. The van der Waals surface area contributed by atoms with Crippen LogP contribution in [0, 0.1) is 0 Å². The molecule has 4 nitrogen and oxygen atoms in total. The van der Waals surface area contributed by atoms with Gasteiger partial charge in [0.2, 0.25) is 0 Å². The van der Waals surface area contributed by atoms with E-state index in [1.165, 1.54) is 7.11 Å². The fourth-order valence-electron chi connectivity index (χ4n) is 1.11. The summed E-state index contributed by atoms with van der Waals surface area (Å²) in [7, 11) is 0.0131. The molecule has 0 aliphatic rings. The van der Waals surface area contributed by atoms with Crippen LogP contribution in [-0.4, -0.2) is 30.0 Å². The van der Waals surface area contributed by atoms with E-state index in [-0.39, 0.29) is 0 Å². The summed E-state index contributed by atoms with van der Waals surface area (Å²) in [6, 6.07) is 6.85. The SMILES string of the molecule is CO/N=C(\C)c1cccc(B(O)O)c1. The molecule has 0 aromatic heterocycles. The molecule has 0 aliphatic carbocycles. The van der Waals surface area contributed by atoms with Gasteiger partial charge in [-0.25, -0.2) is 0 Å². The van der Waals surface area contributed by atoms with Crippen LogP contribution >= 0.6 is 0 Å². The minimum absolute atomic E-state index is 0.438. The second-order valence-electron chi connectivity index (χ2n) is 2.86.